The molecule has 3 aromatic rings. The number of carbonyl (C=O) groups excluding carboxylic acids is 1. The summed E-state index contributed by atoms with van der Waals surface area (Å²) in [5, 5.41) is 6.07. The van der Waals surface area contributed by atoms with Gasteiger partial charge in [-0.25, -0.2) is 0 Å². The lowest BCUT2D eigenvalue weighted by Gasteiger charge is -2.21. The van der Waals surface area contributed by atoms with Crippen LogP contribution in [-0.4, -0.2) is 35.9 Å². The molecule has 0 bridgehead atoms. The standard InChI is InChI=1S/C19H19N3OS/c1-22-8-6-13(7-9-22)16-12-20-17-5-4-14(11-15(16)17)21-19(23)18-3-2-10-24-18/h2-6,10-12,20H,7-9H2,1H3,(H,21,23). The van der Waals surface area contributed by atoms with Crippen molar-refractivity contribution in [1.82, 2.24) is 9.88 Å². The summed E-state index contributed by atoms with van der Waals surface area (Å²) in [6.07, 6.45) is 5.42. The first-order chi connectivity index (χ1) is 11.7. The van der Waals surface area contributed by atoms with E-state index in [0.717, 1.165) is 41.0 Å². The Morgan fingerprint density at radius 3 is 3.00 bits per heavy atom. The monoisotopic (exact) mass is 337 g/mol. The van der Waals surface area contributed by atoms with Gasteiger partial charge < -0.3 is 15.2 Å². The minimum atomic E-state index is -0.0556. The number of hydrogen-bond acceptors (Lipinski definition) is 3. The molecule has 5 heteroatoms. The molecule has 0 saturated heterocycles. The van der Waals surface area contributed by atoms with Crippen molar-refractivity contribution in [3.63, 3.8) is 0 Å². The Labute approximate surface area is 144 Å². The topological polar surface area (TPSA) is 48.1 Å². The highest BCUT2D eigenvalue weighted by Crippen LogP contribution is 2.31. The largest absolute Gasteiger partial charge is 0.361 e. The molecule has 1 aliphatic heterocycles. The number of benzene rings is 1. The average Bonchev–Trinajstić information content (AvgIpc) is 3.25. The average molecular weight is 337 g/mol. The van der Waals surface area contributed by atoms with Crippen LogP contribution in [0.3, 0.4) is 0 Å². The van der Waals surface area contributed by atoms with E-state index >= 15 is 0 Å². The lowest BCUT2D eigenvalue weighted by atomic mass is 9.99. The number of rotatable bonds is 3. The molecule has 0 spiro atoms. The fourth-order valence-corrected chi connectivity index (χ4v) is 3.70. The van der Waals surface area contributed by atoms with Crippen LogP contribution >= 0.6 is 11.3 Å². The predicted molar refractivity (Wildman–Crippen MR) is 101 cm³/mol. The van der Waals surface area contributed by atoms with Gasteiger partial charge in [-0.05, 0) is 48.7 Å². The molecule has 1 amide bonds. The van der Waals surface area contributed by atoms with Crippen LogP contribution in [0.1, 0.15) is 21.7 Å². The first kappa shape index (κ1) is 15.2. The Kier molecular flexibility index (Phi) is 3.96. The van der Waals surface area contributed by atoms with Crippen molar-refractivity contribution >= 4 is 39.4 Å². The van der Waals surface area contributed by atoms with E-state index < -0.39 is 0 Å². The molecule has 2 aromatic heterocycles. The Morgan fingerprint density at radius 2 is 2.25 bits per heavy atom. The zero-order valence-corrected chi connectivity index (χ0v) is 14.3. The number of aromatic nitrogens is 1. The summed E-state index contributed by atoms with van der Waals surface area (Å²) in [7, 11) is 2.14. The summed E-state index contributed by atoms with van der Waals surface area (Å²) < 4.78 is 0. The first-order valence-corrected chi connectivity index (χ1v) is 8.92. The number of nitrogens with one attached hydrogen (secondary N) is 2. The third kappa shape index (κ3) is 2.88. The lowest BCUT2D eigenvalue weighted by Crippen LogP contribution is -2.23. The van der Waals surface area contributed by atoms with E-state index in [4.69, 9.17) is 0 Å². The minimum absolute atomic E-state index is 0.0556. The summed E-state index contributed by atoms with van der Waals surface area (Å²) in [5.74, 6) is -0.0556. The Balaban J connectivity index is 1.65. The highest BCUT2D eigenvalue weighted by molar-refractivity contribution is 7.12. The quantitative estimate of drug-likeness (QED) is 0.752. The molecule has 4 nitrogen and oxygen atoms in total. The molecule has 0 aliphatic carbocycles. The number of likely N-dealkylation sites (N-methyl/N-ethyl adjacent to an activating group) is 1. The Hall–Kier alpha value is -2.37. The SMILES string of the molecule is CN1CC=C(c2c[nH]c3ccc(NC(=O)c4cccs4)cc23)CC1. The number of hydrogen-bond donors (Lipinski definition) is 2. The summed E-state index contributed by atoms with van der Waals surface area (Å²) in [4.78, 5) is 18.6. The maximum absolute atomic E-state index is 12.2. The Morgan fingerprint density at radius 1 is 1.33 bits per heavy atom. The third-order valence-corrected chi connectivity index (χ3v) is 5.31. The highest BCUT2D eigenvalue weighted by atomic mass is 32.1. The summed E-state index contributed by atoms with van der Waals surface area (Å²) >= 11 is 1.45. The van der Waals surface area contributed by atoms with Crippen molar-refractivity contribution in [3.8, 4) is 0 Å². The van der Waals surface area contributed by atoms with Crippen molar-refractivity contribution < 1.29 is 4.79 Å². The fraction of sp³-hybridized carbons (Fsp3) is 0.211. The van der Waals surface area contributed by atoms with Crippen LogP contribution in [0.25, 0.3) is 16.5 Å². The highest BCUT2D eigenvalue weighted by Gasteiger charge is 2.14. The van der Waals surface area contributed by atoms with Gasteiger partial charge in [0, 0.05) is 41.4 Å². The molecule has 3 heterocycles. The minimum Gasteiger partial charge on any atom is -0.361 e. The van der Waals surface area contributed by atoms with Crippen LogP contribution in [0.2, 0.25) is 0 Å². The van der Waals surface area contributed by atoms with Crippen LogP contribution in [-0.2, 0) is 0 Å². The number of amides is 1. The Bertz CT molecular complexity index is 908. The van der Waals surface area contributed by atoms with Gasteiger partial charge in [0.15, 0.2) is 0 Å². The molecule has 0 unspecified atom stereocenters. The van der Waals surface area contributed by atoms with Gasteiger partial charge in [0.2, 0.25) is 0 Å². The predicted octanol–water partition coefficient (Wildman–Crippen LogP) is 4.20. The molecular weight excluding hydrogens is 318 g/mol. The van der Waals surface area contributed by atoms with Crippen LogP contribution in [0, 0.1) is 0 Å². The van der Waals surface area contributed by atoms with Crippen molar-refractivity contribution in [2.45, 2.75) is 6.42 Å². The van der Waals surface area contributed by atoms with Crippen molar-refractivity contribution in [1.29, 1.82) is 0 Å². The second-order valence-electron chi connectivity index (χ2n) is 6.14. The van der Waals surface area contributed by atoms with Crippen LogP contribution in [0.15, 0.2) is 48.0 Å². The zero-order valence-electron chi connectivity index (χ0n) is 13.5. The number of aromatic amines is 1. The van der Waals surface area contributed by atoms with Gasteiger partial charge in [0.05, 0.1) is 4.88 Å². The van der Waals surface area contributed by atoms with E-state index in [1.54, 1.807) is 0 Å². The number of carbonyl (C=O) groups is 1. The summed E-state index contributed by atoms with van der Waals surface area (Å²) in [6, 6.07) is 9.75. The number of H-pyrrole nitrogens is 1. The third-order valence-electron chi connectivity index (χ3n) is 4.44. The fourth-order valence-electron chi connectivity index (χ4n) is 3.08. The second kappa shape index (κ2) is 6.26. The summed E-state index contributed by atoms with van der Waals surface area (Å²) in [5.41, 5.74) is 4.54. The van der Waals surface area contributed by atoms with E-state index in [0.29, 0.717) is 0 Å². The van der Waals surface area contributed by atoms with Gasteiger partial charge in [-0.15, -0.1) is 11.3 Å². The molecule has 0 radical (unpaired) electrons. The van der Waals surface area contributed by atoms with E-state index in [2.05, 4.69) is 40.6 Å². The molecule has 2 N–H and O–H groups in total. The van der Waals surface area contributed by atoms with Gasteiger partial charge in [0.1, 0.15) is 0 Å². The molecule has 0 fully saturated rings. The van der Waals surface area contributed by atoms with E-state index in [-0.39, 0.29) is 5.91 Å². The molecule has 0 saturated carbocycles. The van der Waals surface area contributed by atoms with Crippen LogP contribution < -0.4 is 5.32 Å². The van der Waals surface area contributed by atoms with Crippen LogP contribution in [0.4, 0.5) is 5.69 Å². The maximum atomic E-state index is 12.2. The number of thiophene rings is 1. The smallest absolute Gasteiger partial charge is 0.265 e. The second-order valence-corrected chi connectivity index (χ2v) is 7.08. The van der Waals surface area contributed by atoms with E-state index in [1.165, 1.54) is 22.5 Å². The van der Waals surface area contributed by atoms with Gasteiger partial charge >= 0.3 is 0 Å². The molecule has 0 atom stereocenters. The normalized spacial score (nSPS) is 15.5. The number of nitrogens with zero attached hydrogens (tertiary/aromatic N) is 1. The van der Waals surface area contributed by atoms with E-state index in [9.17, 15) is 4.79 Å². The molecule has 24 heavy (non-hydrogen) atoms. The van der Waals surface area contributed by atoms with Gasteiger partial charge in [-0.3, -0.25) is 4.79 Å². The molecule has 4 rings (SSSR count). The number of anilines is 1. The molecular formula is C19H19N3OS. The van der Waals surface area contributed by atoms with Crippen LogP contribution in [0.5, 0.6) is 0 Å². The molecule has 1 aromatic carbocycles. The van der Waals surface area contributed by atoms with Gasteiger partial charge in [-0.2, -0.15) is 0 Å². The van der Waals surface area contributed by atoms with E-state index in [1.807, 2.05) is 29.6 Å². The maximum Gasteiger partial charge on any atom is 0.265 e. The van der Waals surface area contributed by atoms with Gasteiger partial charge in [-0.1, -0.05) is 12.1 Å². The lowest BCUT2D eigenvalue weighted by molar-refractivity contribution is 0.103. The van der Waals surface area contributed by atoms with Crippen molar-refractivity contribution in [3.05, 3.63) is 58.4 Å². The van der Waals surface area contributed by atoms with Crippen molar-refractivity contribution in [2.75, 3.05) is 25.5 Å². The summed E-state index contributed by atoms with van der Waals surface area (Å²) in [6.45, 7) is 2.06. The number of fused-ring (bicyclic) bond motifs is 1. The molecule has 122 valence electrons. The molecule has 1 aliphatic rings. The van der Waals surface area contributed by atoms with Gasteiger partial charge in [0.25, 0.3) is 5.91 Å². The zero-order chi connectivity index (χ0) is 16.5. The van der Waals surface area contributed by atoms with Crippen molar-refractivity contribution in [2.24, 2.45) is 0 Å². The first-order valence-electron chi connectivity index (χ1n) is 8.04.